The average Bonchev–Trinajstić information content (AvgIpc) is 1.87. The first-order valence-corrected chi connectivity index (χ1v) is 5.52. The van der Waals surface area contributed by atoms with Gasteiger partial charge in [0.2, 0.25) is 0 Å². The molecule has 0 saturated heterocycles. The Morgan fingerprint density at radius 2 is 1.55 bits per heavy atom. The van der Waals surface area contributed by atoms with E-state index in [9.17, 15) is 0 Å². The summed E-state index contributed by atoms with van der Waals surface area (Å²) < 4.78 is 1.36. The van der Waals surface area contributed by atoms with Crippen molar-refractivity contribution < 1.29 is 25.9 Å². The molecule has 2 heteroatoms. The van der Waals surface area contributed by atoms with Gasteiger partial charge in [0, 0.05) is 0 Å². The van der Waals surface area contributed by atoms with E-state index < -0.39 is 0 Å². The maximum absolute atomic E-state index is 2.31. The van der Waals surface area contributed by atoms with Gasteiger partial charge in [0.05, 0.1) is 0 Å². The monoisotopic (exact) mass is 192 g/mol. The minimum absolute atomic E-state index is 0. The summed E-state index contributed by atoms with van der Waals surface area (Å²) in [5.74, 6) is 0.904. The second-order valence-corrected chi connectivity index (χ2v) is 4.13. The number of rotatable bonds is 6. The molecule has 0 atom stereocenters. The van der Waals surface area contributed by atoms with E-state index in [-0.39, 0.29) is 5.48 Å². The zero-order valence-electron chi connectivity index (χ0n) is 7.77. The maximum atomic E-state index is 2.31. The van der Waals surface area contributed by atoms with Crippen LogP contribution in [0.4, 0.5) is 0 Å². The molecule has 0 spiro atoms. The van der Waals surface area contributed by atoms with E-state index in [1.165, 1.54) is 36.8 Å². The molecule has 0 aliphatic carbocycles. The molecule has 66 valence electrons. The molecule has 0 aromatic rings. The van der Waals surface area contributed by atoms with Crippen molar-refractivity contribution in [3.63, 3.8) is 0 Å². The van der Waals surface area contributed by atoms with Crippen LogP contribution < -0.4 is 0 Å². The number of hydrogen-bond acceptors (Lipinski definition) is 1. The summed E-state index contributed by atoms with van der Waals surface area (Å²) >= 11 is 2.27. The Morgan fingerprint density at radius 1 is 1.00 bits per heavy atom. The second kappa shape index (κ2) is 10.7. The Morgan fingerprint density at radius 3 is 2.00 bits per heavy atom. The molecule has 0 amide bonds. The summed E-state index contributed by atoms with van der Waals surface area (Å²) in [5.41, 5.74) is 0. The first-order chi connectivity index (χ1) is 4.77. The summed E-state index contributed by atoms with van der Waals surface area (Å²) in [5, 5.41) is 0. The van der Waals surface area contributed by atoms with Crippen molar-refractivity contribution in [1.29, 1.82) is 0 Å². The van der Waals surface area contributed by atoms with Crippen molar-refractivity contribution in [3.8, 4) is 0 Å². The largest absolute Gasteiger partial charge is 0.870 e. The quantitative estimate of drug-likeness (QED) is 0.468. The van der Waals surface area contributed by atoms with Crippen LogP contribution in [0.1, 0.15) is 46.0 Å². The normalized spacial score (nSPS) is 9.64. The molecule has 0 fully saturated rings. The molecule has 0 heterocycles. The molecular weight excluding hydrogens is 172 g/mol. The third-order valence-corrected chi connectivity index (χ3v) is 2.26. The summed E-state index contributed by atoms with van der Waals surface area (Å²) in [6, 6.07) is 0. The topological polar surface area (TPSA) is 30.0 Å². The average molecular weight is 192 g/mol. The fourth-order valence-corrected chi connectivity index (χ4v) is 1.42. The van der Waals surface area contributed by atoms with E-state index in [4.69, 9.17) is 0 Å². The molecule has 0 aliphatic rings. The van der Waals surface area contributed by atoms with Crippen LogP contribution in [0.15, 0.2) is 0 Å². The van der Waals surface area contributed by atoms with Gasteiger partial charge in [-0.3, -0.25) is 0 Å². The molecule has 0 aromatic carbocycles. The zero-order chi connectivity index (χ0) is 7.82. The maximum Gasteiger partial charge on any atom is -0.870 e. The first-order valence-electron chi connectivity index (χ1n) is 4.42. The summed E-state index contributed by atoms with van der Waals surface area (Å²) in [7, 11) is 0. The van der Waals surface area contributed by atoms with Crippen LogP contribution >= 0.6 is 0 Å². The molecule has 11 heavy (non-hydrogen) atoms. The van der Waals surface area contributed by atoms with Crippen LogP contribution in [-0.4, -0.2) is 5.48 Å². The molecule has 0 rings (SSSR count). The van der Waals surface area contributed by atoms with Gasteiger partial charge in [-0.25, -0.2) is 0 Å². The second-order valence-electron chi connectivity index (χ2n) is 3.35. The van der Waals surface area contributed by atoms with Crippen LogP contribution in [-0.2, 0) is 20.4 Å². The van der Waals surface area contributed by atoms with Crippen molar-refractivity contribution in [2.45, 2.75) is 50.7 Å². The van der Waals surface area contributed by atoms with E-state index >= 15 is 0 Å². The van der Waals surface area contributed by atoms with E-state index in [2.05, 4.69) is 34.3 Å². The van der Waals surface area contributed by atoms with Gasteiger partial charge < -0.3 is 5.48 Å². The van der Waals surface area contributed by atoms with Crippen LogP contribution in [0.5, 0.6) is 0 Å². The molecule has 1 N–H and O–H groups in total. The molecule has 0 bridgehead atoms. The van der Waals surface area contributed by atoms with Crippen LogP contribution in [0.25, 0.3) is 0 Å². The van der Waals surface area contributed by atoms with Gasteiger partial charge in [0.25, 0.3) is 0 Å². The fraction of sp³-hybridized carbons (Fsp3) is 1.00. The summed E-state index contributed by atoms with van der Waals surface area (Å²) in [6.07, 6.45) is 7.19. The Balaban J connectivity index is 0. The van der Waals surface area contributed by atoms with E-state index in [1.54, 1.807) is 0 Å². The van der Waals surface area contributed by atoms with Gasteiger partial charge in [0.15, 0.2) is 0 Å². The van der Waals surface area contributed by atoms with Crippen LogP contribution in [0.3, 0.4) is 0 Å². The molecule has 0 aromatic heterocycles. The van der Waals surface area contributed by atoms with Crippen LogP contribution in [0, 0.1) is 5.92 Å². The van der Waals surface area contributed by atoms with Crippen molar-refractivity contribution in [3.05, 3.63) is 0 Å². The molecular formula is C9H20OTi. The van der Waals surface area contributed by atoms with Gasteiger partial charge in [0.1, 0.15) is 0 Å². The Bertz CT molecular complexity index is 64.6. The molecule has 0 unspecified atom stereocenters. The predicted octanol–water partition coefficient (Wildman–Crippen LogP) is 3.38. The van der Waals surface area contributed by atoms with Gasteiger partial charge in [-0.1, -0.05) is 0 Å². The van der Waals surface area contributed by atoms with Crippen molar-refractivity contribution in [2.24, 2.45) is 5.92 Å². The van der Waals surface area contributed by atoms with Crippen molar-refractivity contribution in [1.82, 2.24) is 0 Å². The number of hydrogen-bond donors (Lipinski definition) is 0. The summed E-state index contributed by atoms with van der Waals surface area (Å²) in [6.45, 7) is 4.61. The Hall–Kier alpha value is 0.674. The first kappa shape index (κ1) is 14.2. The van der Waals surface area contributed by atoms with E-state index in [1.807, 2.05) is 0 Å². The standard InChI is InChI=1S/C9H19.H2O.Ti/c1-4-5-6-7-8-9(2)3;;/h9H,1,4-8H2,2-3H3;1H2;/q;;+1/p-1. The Labute approximate surface area is 82.7 Å². The van der Waals surface area contributed by atoms with E-state index in [0.29, 0.717) is 0 Å². The molecule has 0 radical (unpaired) electrons. The smallest absolute Gasteiger partial charge is 0.870 e. The molecule has 0 saturated carbocycles. The predicted molar refractivity (Wildman–Crippen MR) is 44.7 cm³/mol. The zero-order valence-corrected chi connectivity index (χ0v) is 9.33. The fourth-order valence-electron chi connectivity index (χ4n) is 1.03. The van der Waals surface area contributed by atoms with Crippen molar-refractivity contribution in [2.75, 3.05) is 0 Å². The van der Waals surface area contributed by atoms with Gasteiger partial charge in [-0.15, -0.1) is 0 Å². The number of unbranched alkanes of at least 4 members (excludes halogenated alkanes) is 3. The Kier molecular flexibility index (Phi) is 13.8. The van der Waals surface area contributed by atoms with Gasteiger partial charge in [-0.05, 0) is 0 Å². The SMILES string of the molecule is CC(C)CCCCC[CH2][Ti+].[OH-]. The van der Waals surface area contributed by atoms with Crippen LogP contribution in [0.2, 0.25) is 4.73 Å². The molecule has 0 aliphatic heterocycles. The third kappa shape index (κ3) is 13.6. The third-order valence-electron chi connectivity index (χ3n) is 1.71. The van der Waals surface area contributed by atoms with Gasteiger partial charge in [-0.2, -0.15) is 0 Å². The minimum atomic E-state index is 0. The minimum Gasteiger partial charge on any atom is -0.870 e. The summed E-state index contributed by atoms with van der Waals surface area (Å²) in [4.78, 5) is 0. The van der Waals surface area contributed by atoms with E-state index in [0.717, 1.165) is 5.92 Å². The molecule has 1 nitrogen and oxygen atoms in total. The van der Waals surface area contributed by atoms with Gasteiger partial charge >= 0.3 is 77.0 Å². The van der Waals surface area contributed by atoms with Crippen molar-refractivity contribution >= 4 is 0 Å².